The zero-order valence-electron chi connectivity index (χ0n) is 12.2. The lowest BCUT2D eigenvalue weighted by Crippen LogP contribution is -2.38. The second-order valence-corrected chi connectivity index (χ2v) is 6.52. The number of hydrogen-bond acceptors (Lipinski definition) is 3. The minimum Gasteiger partial charge on any atom is -0.444 e. The zero-order chi connectivity index (χ0) is 13.9. The molecule has 0 heterocycles. The Morgan fingerprint density at radius 2 is 1.83 bits per heavy atom. The van der Waals surface area contributed by atoms with Crippen LogP contribution in [0.3, 0.4) is 0 Å². The number of carbonyl (C=O) groups excluding carboxylic acids is 2. The highest BCUT2D eigenvalue weighted by atomic mass is 16.6. The zero-order valence-corrected chi connectivity index (χ0v) is 12.2. The molecule has 0 aromatic rings. The maximum atomic E-state index is 11.8. The van der Waals surface area contributed by atoms with Crippen LogP contribution in [-0.2, 0) is 9.53 Å². The van der Waals surface area contributed by atoms with Crippen LogP contribution in [0.5, 0.6) is 0 Å². The molecule has 104 valence electrons. The van der Waals surface area contributed by atoms with E-state index in [-0.39, 0.29) is 12.3 Å². The molecular weight excluding hydrogens is 230 g/mol. The summed E-state index contributed by atoms with van der Waals surface area (Å²) in [6, 6.07) is 0. The van der Waals surface area contributed by atoms with E-state index in [1.807, 2.05) is 20.8 Å². The van der Waals surface area contributed by atoms with E-state index in [0.29, 0.717) is 12.3 Å². The highest BCUT2D eigenvalue weighted by Gasteiger charge is 2.28. The average molecular weight is 255 g/mol. The quantitative estimate of drug-likeness (QED) is 0.776. The molecule has 0 radical (unpaired) electrons. The molecule has 0 N–H and O–H groups in total. The van der Waals surface area contributed by atoms with Crippen molar-refractivity contribution in [2.45, 2.75) is 52.6 Å². The Balaban J connectivity index is 2.28. The second kappa shape index (κ2) is 5.72. The molecule has 0 aromatic carbocycles. The summed E-state index contributed by atoms with van der Waals surface area (Å²) in [4.78, 5) is 24.8. The molecule has 0 spiro atoms. The van der Waals surface area contributed by atoms with Crippen LogP contribution in [0, 0.1) is 11.8 Å². The number of nitrogens with zero attached hydrogens (tertiary/aromatic N) is 1. The first-order chi connectivity index (χ1) is 8.17. The van der Waals surface area contributed by atoms with E-state index in [0.717, 1.165) is 18.8 Å². The molecule has 0 saturated heterocycles. The van der Waals surface area contributed by atoms with Crippen LogP contribution < -0.4 is 0 Å². The molecule has 1 rings (SSSR count). The van der Waals surface area contributed by atoms with Crippen molar-refractivity contribution in [1.29, 1.82) is 0 Å². The molecule has 0 unspecified atom stereocenters. The van der Waals surface area contributed by atoms with Gasteiger partial charge in [0.25, 0.3) is 0 Å². The fraction of sp³-hybridized carbons (Fsp3) is 0.857. The Morgan fingerprint density at radius 3 is 2.28 bits per heavy atom. The first-order valence-corrected chi connectivity index (χ1v) is 6.63. The molecule has 0 aliphatic heterocycles. The summed E-state index contributed by atoms with van der Waals surface area (Å²) in [6.07, 6.45) is 2.44. The van der Waals surface area contributed by atoms with Gasteiger partial charge in [-0.2, -0.15) is 0 Å². The van der Waals surface area contributed by atoms with Gasteiger partial charge in [-0.25, -0.2) is 4.79 Å². The Bertz CT molecular complexity index is 313. The van der Waals surface area contributed by atoms with Gasteiger partial charge in [-0.1, -0.05) is 6.92 Å². The first kappa shape index (κ1) is 15.0. The summed E-state index contributed by atoms with van der Waals surface area (Å²) >= 11 is 0. The van der Waals surface area contributed by atoms with Crippen LogP contribution in [0.1, 0.15) is 47.0 Å². The normalized spacial score (nSPS) is 23.2. The molecular formula is C14H25NO3. The SMILES string of the molecule is CC1CC(CC(=O)CN(C)C(=O)OC(C)(C)C)C1. The predicted octanol–water partition coefficient (Wildman–Crippen LogP) is 2.86. The Kier molecular flexibility index (Phi) is 4.77. The van der Waals surface area contributed by atoms with Gasteiger partial charge >= 0.3 is 6.09 Å². The molecule has 0 aromatic heterocycles. The maximum absolute atomic E-state index is 11.8. The van der Waals surface area contributed by atoms with Crippen LogP contribution in [0.4, 0.5) is 4.79 Å². The van der Waals surface area contributed by atoms with Gasteiger partial charge in [0.2, 0.25) is 0 Å². The van der Waals surface area contributed by atoms with E-state index in [9.17, 15) is 9.59 Å². The fourth-order valence-electron chi connectivity index (χ4n) is 2.29. The lowest BCUT2D eigenvalue weighted by molar-refractivity contribution is -0.121. The van der Waals surface area contributed by atoms with E-state index in [1.165, 1.54) is 4.90 Å². The molecule has 0 bridgehead atoms. The first-order valence-electron chi connectivity index (χ1n) is 6.63. The summed E-state index contributed by atoms with van der Waals surface area (Å²) in [5.74, 6) is 1.41. The number of carbonyl (C=O) groups is 2. The number of ether oxygens (including phenoxy) is 1. The molecule has 1 fully saturated rings. The number of Topliss-reactive ketones (excluding diaryl/α,β-unsaturated/α-hetero) is 1. The molecule has 4 heteroatoms. The third kappa shape index (κ3) is 5.07. The summed E-state index contributed by atoms with van der Waals surface area (Å²) in [5.41, 5.74) is -0.516. The standard InChI is InChI=1S/C14H25NO3/c1-10-6-11(7-10)8-12(16)9-15(5)13(17)18-14(2,3)4/h10-11H,6-9H2,1-5H3. The molecule has 1 saturated carbocycles. The molecule has 1 aliphatic carbocycles. The van der Waals surface area contributed by atoms with Crippen LogP contribution in [0.25, 0.3) is 0 Å². The number of likely N-dealkylation sites (N-methyl/N-ethyl adjacent to an activating group) is 1. The number of rotatable bonds is 4. The minimum atomic E-state index is -0.516. The van der Waals surface area contributed by atoms with Crippen LogP contribution in [0.15, 0.2) is 0 Å². The lowest BCUT2D eigenvalue weighted by atomic mass is 9.74. The van der Waals surface area contributed by atoms with E-state index >= 15 is 0 Å². The van der Waals surface area contributed by atoms with E-state index in [4.69, 9.17) is 4.74 Å². The average Bonchev–Trinajstić information content (AvgIpc) is 2.12. The molecule has 4 nitrogen and oxygen atoms in total. The van der Waals surface area contributed by atoms with Crippen molar-refractivity contribution in [3.63, 3.8) is 0 Å². The van der Waals surface area contributed by atoms with E-state index < -0.39 is 11.7 Å². The Hall–Kier alpha value is -1.06. The van der Waals surface area contributed by atoms with Gasteiger partial charge in [0.05, 0.1) is 6.54 Å². The number of hydrogen-bond donors (Lipinski definition) is 0. The predicted molar refractivity (Wildman–Crippen MR) is 70.4 cm³/mol. The Labute approximate surface area is 110 Å². The summed E-state index contributed by atoms with van der Waals surface area (Å²) < 4.78 is 5.20. The van der Waals surface area contributed by atoms with Crippen LogP contribution >= 0.6 is 0 Å². The van der Waals surface area contributed by atoms with Crippen molar-refractivity contribution < 1.29 is 14.3 Å². The van der Waals surface area contributed by atoms with Crippen molar-refractivity contribution >= 4 is 11.9 Å². The largest absolute Gasteiger partial charge is 0.444 e. The Morgan fingerprint density at radius 1 is 1.28 bits per heavy atom. The van der Waals surface area contributed by atoms with Crippen molar-refractivity contribution in [3.8, 4) is 0 Å². The summed E-state index contributed by atoms with van der Waals surface area (Å²) in [5, 5.41) is 0. The number of ketones is 1. The topological polar surface area (TPSA) is 46.6 Å². The van der Waals surface area contributed by atoms with E-state index in [2.05, 4.69) is 6.92 Å². The highest BCUT2D eigenvalue weighted by Crippen LogP contribution is 2.35. The maximum Gasteiger partial charge on any atom is 0.410 e. The minimum absolute atomic E-state index is 0.125. The van der Waals surface area contributed by atoms with Crippen molar-refractivity contribution in [1.82, 2.24) is 4.90 Å². The van der Waals surface area contributed by atoms with Gasteiger partial charge in [0.1, 0.15) is 5.60 Å². The van der Waals surface area contributed by atoms with Crippen molar-refractivity contribution in [2.75, 3.05) is 13.6 Å². The van der Waals surface area contributed by atoms with Crippen molar-refractivity contribution in [3.05, 3.63) is 0 Å². The van der Waals surface area contributed by atoms with Gasteiger partial charge in [-0.15, -0.1) is 0 Å². The van der Waals surface area contributed by atoms with Gasteiger partial charge in [0, 0.05) is 13.5 Å². The number of amides is 1. The molecule has 1 amide bonds. The molecule has 1 aliphatic rings. The van der Waals surface area contributed by atoms with Gasteiger partial charge in [-0.05, 0) is 45.4 Å². The van der Waals surface area contributed by atoms with Gasteiger partial charge < -0.3 is 9.64 Å². The lowest BCUT2D eigenvalue weighted by Gasteiger charge is -2.32. The summed E-state index contributed by atoms with van der Waals surface area (Å²) in [7, 11) is 1.61. The molecule has 18 heavy (non-hydrogen) atoms. The van der Waals surface area contributed by atoms with Crippen molar-refractivity contribution in [2.24, 2.45) is 11.8 Å². The third-order valence-electron chi connectivity index (χ3n) is 3.11. The highest BCUT2D eigenvalue weighted by molar-refractivity contribution is 5.84. The van der Waals surface area contributed by atoms with Crippen LogP contribution in [0.2, 0.25) is 0 Å². The third-order valence-corrected chi connectivity index (χ3v) is 3.11. The van der Waals surface area contributed by atoms with Gasteiger partial charge in [0.15, 0.2) is 5.78 Å². The van der Waals surface area contributed by atoms with E-state index in [1.54, 1.807) is 7.05 Å². The fourth-order valence-corrected chi connectivity index (χ4v) is 2.29. The monoisotopic (exact) mass is 255 g/mol. The van der Waals surface area contributed by atoms with Gasteiger partial charge in [-0.3, -0.25) is 4.79 Å². The smallest absolute Gasteiger partial charge is 0.410 e. The second-order valence-electron chi connectivity index (χ2n) is 6.52. The summed E-state index contributed by atoms with van der Waals surface area (Å²) in [6.45, 7) is 7.80. The van der Waals surface area contributed by atoms with Crippen LogP contribution in [-0.4, -0.2) is 36.0 Å². The molecule has 0 atom stereocenters.